The van der Waals surface area contributed by atoms with Gasteiger partial charge in [-0.15, -0.1) is 0 Å². The van der Waals surface area contributed by atoms with Gasteiger partial charge in [0.15, 0.2) is 6.61 Å². The van der Waals surface area contributed by atoms with Gasteiger partial charge in [0.05, 0.1) is 11.8 Å². The maximum atomic E-state index is 12.3. The molecule has 0 heterocycles. The van der Waals surface area contributed by atoms with Crippen LogP contribution in [0, 0.1) is 5.92 Å². The molecular formula is C20H32N2O3S. The molecule has 0 spiro atoms. The zero-order valence-electron chi connectivity index (χ0n) is 16.6. The van der Waals surface area contributed by atoms with Crippen molar-refractivity contribution in [3.8, 4) is 5.75 Å². The van der Waals surface area contributed by atoms with Crippen molar-refractivity contribution in [2.24, 2.45) is 5.92 Å². The molecule has 0 fully saturated rings. The molecule has 0 saturated carbocycles. The fraction of sp³-hybridized carbons (Fsp3) is 0.600. The highest BCUT2D eigenvalue weighted by atomic mass is 32.2. The van der Waals surface area contributed by atoms with Gasteiger partial charge in [-0.25, -0.2) is 0 Å². The van der Waals surface area contributed by atoms with Gasteiger partial charge >= 0.3 is 0 Å². The molecule has 2 amide bonds. The number of thioether (sulfide) groups is 1. The zero-order chi connectivity index (χ0) is 19.5. The van der Waals surface area contributed by atoms with E-state index >= 15 is 0 Å². The topological polar surface area (TPSA) is 58.6 Å². The Morgan fingerprint density at radius 2 is 1.92 bits per heavy atom. The number of rotatable bonds is 11. The first-order valence-corrected chi connectivity index (χ1v) is 10.3. The van der Waals surface area contributed by atoms with E-state index < -0.39 is 0 Å². The van der Waals surface area contributed by atoms with E-state index in [4.69, 9.17) is 4.74 Å². The molecule has 0 aliphatic heterocycles. The number of hydrogen-bond donors (Lipinski definition) is 1. The van der Waals surface area contributed by atoms with Gasteiger partial charge in [-0.1, -0.05) is 39.0 Å². The van der Waals surface area contributed by atoms with E-state index in [0.717, 1.165) is 24.2 Å². The second kappa shape index (κ2) is 11.8. The molecule has 0 aromatic heterocycles. The smallest absolute Gasteiger partial charge is 0.259 e. The van der Waals surface area contributed by atoms with Crippen molar-refractivity contribution in [1.82, 2.24) is 10.2 Å². The standard InChI is InChI=1S/C20H32N2O3S/c1-6-17(21-19(23)14-26-12-11-15(2)3)16-9-7-8-10-18(16)25-13-20(24)22(4)5/h7-10,15,17H,6,11-14H2,1-5H3,(H,21,23). The van der Waals surface area contributed by atoms with Crippen molar-refractivity contribution in [2.45, 2.75) is 39.7 Å². The Morgan fingerprint density at radius 3 is 2.54 bits per heavy atom. The number of para-hydroxylation sites is 1. The lowest BCUT2D eigenvalue weighted by Crippen LogP contribution is -2.31. The minimum absolute atomic E-state index is 0.0144. The van der Waals surface area contributed by atoms with E-state index in [-0.39, 0.29) is 24.5 Å². The van der Waals surface area contributed by atoms with Gasteiger partial charge in [0, 0.05) is 19.7 Å². The summed E-state index contributed by atoms with van der Waals surface area (Å²) in [4.78, 5) is 25.5. The van der Waals surface area contributed by atoms with Crippen LogP contribution < -0.4 is 10.1 Å². The van der Waals surface area contributed by atoms with E-state index in [9.17, 15) is 9.59 Å². The zero-order valence-corrected chi connectivity index (χ0v) is 17.4. The molecule has 5 nitrogen and oxygen atoms in total. The summed E-state index contributed by atoms with van der Waals surface area (Å²) < 4.78 is 5.70. The summed E-state index contributed by atoms with van der Waals surface area (Å²) in [6, 6.07) is 7.44. The van der Waals surface area contributed by atoms with E-state index in [1.807, 2.05) is 31.2 Å². The third kappa shape index (κ3) is 8.13. The van der Waals surface area contributed by atoms with Gasteiger partial charge in [-0.3, -0.25) is 9.59 Å². The molecule has 0 radical (unpaired) electrons. The highest BCUT2D eigenvalue weighted by Crippen LogP contribution is 2.27. The lowest BCUT2D eigenvalue weighted by Gasteiger charge is -2.21. The summed E-state index contributed by atoms with van der Waals surface area (Å²) in [6.45, 7) is 6.38. The quantitative estimate of drug-likeness (QED) is 0.597. The van der Waals surface area contributed by atoms with Crippen LogP contribution in [0.1, 0.15) is 45.2 Å². The predicted molar refractivity (Wildman–Crippen MR) is 109 cm³/mol. The van der Waals surface area contributed by atoms with Crippen molar-refractivity contribution in [1.29, 1.82) is 0 Å². The predicted octanol–water partition coefficient (Wildman–Crippen LogP) is 3.50. The van der Waals surface area contributed by atoms with Gasteiger partial charge in [-0.2, -0.15) is 11.8 Å². The van der Waals surface area contributed by atoms with Crippen LogP contribution in [0.5, 0.6) is 5.75 Å². The van der Waals surface area contributed by atoms with Gasteiger partial charge < -0.3 is 15.0 Å². The van der Waals surface area contributed by atoms with Crippen LogP contribution in [0.15, 0.2) is 24.3 Å². The van der Waals surface area contributed by atoms with Crippen molar-refractivity contribution < 1.29 is 14.3 Å². The number of carbonyl (C=O) groups excluding carboxylic acids is 2. The van der Waals surface area contributed by atoms with Crippen LogP contribution in [-0.4, -0.2) is 48.9 Å². The Hall–Kier alpha value is -1.69. The van der Waals surface area contributed by atoms with E-state index in [1.54, 1.807) is 25.9 Å². The number of ether oxygens (including phenoxy) is 1. The molecule has 1 unspecified atom stereocenters. The number of nitrogens with zero attached hydrogens (tertiary/aromatic N) is 1. The molecule has 1 N–H and O–H groups in total. The van der Waals surface area contributed by atoms with E-state index in [0.29, 0.717) is 17.4 Å². The van der Waals surface area contributed by atoms with Crippen LogP contribution in [-0.2, 0) is 9.59 Å². The second-order valence-electron chi connectivity index (χ2n) is 6.88. The van der Waals surface area contributed by atoms with Crippen LogP contribution >= 0.6 is 11.8 Å². The molecular weight excluding hydrogens is 348 g/mol. The molecule has 1 aromatic carbocycles. The highest BCUT2D eigenvalue weighted by molar-refractivity contribution is 7.99. The molecule has 146 valence electrons. The van der Waals surface area contributed by atoms with Gasteiger partial charge in [0.1, 0.15) is 5.75 Å². The summed E-state index contributed by atoms with van der Waals surface area (Å²) in [7, 11) is 3.40. The number of likely N-dealkylation sites (N-methyl/N-ethyl adjacent to an activating group) is 1. The highest BCUT2D eigenvalue weighted by Gasteiger charge is 2.17. The molecule has 0 bridgehead atoms. The molecule has 1 rings (SSSR count). The van der Waals surface area contributed by atoms with Crippen LogP contribution in [0.3, 0.4) is 0 Å². The molecule has 1 aromatic rings. The molecule has 26 heavy (non-hydrogen) atoms. The third-order valence-corrected chi connectivity index (χ3v) is 4.95. The van der Waals surface area contributed by atoms with Crippen molar-refractivity contribution in [3.05, 3.63) is 29.8 Å². The first kappa shape index (κ1) is 22.4. The maximum absolute atomic E-state index is 12.3. The number of hydrogen-bond acceptors (Lipinski definition) is 4. The molecule has 6 heteroatoms. The first-order valence-electron chi connectivity index (χ1n) is 9.14. The Morgan fingerprint density at radius 1 is 1.23 bits per heavy atom. The van der Waals surface area contributed by atoms with Gasteiger partial charge in [0.2, 0.25) is 5.91 Å². The number of amides is 2. The van der Waals surface area contributed by atoms with Crippen molar-refractivity contribution in [2.75, 3.05) is 32.2 Å². The first-order chi connectivity index (χ1) is 12.3. The fourth-order valence-electron chi connectivity index (χ4n) is 2.29. The maximum Gasteiger partial charge on any atom is 0.259 e. The lowest BCUT2D eigenvalue weighted by atomic mass is 10.0. The van der Waals surface area contributed by atoms with Crippen molar-refractivity contribution in [3.63, 3.8) is 0 Å². The minimum atomic E-state index is -0.126. The summed E-state index contributed by atoms with van der Waals surface area (Å²) in [5, 5.41) is 3.09. The Bertz CT molecular complexity index is 576. The monoisotopic (exact) mass is 380 g/mol. The van der Waals surface area contributed by atoms with Crippen LogP contribution in [0.2, 0.25) is 0 Å². The van der Waals surface area contributed by atoms with Gasteiger partial charge in [0.25, 0.3) is 5.91 Å². The SMILES string of the molecule is CCC(NC(=O)CSCCC(C)C)c1ccccc1OCC(=O)N(C)C. The summed E-state index contributed by atoms with van der Waals surface area (Å²) in [5.41, 5.74) is 0.905. The normalized spacial score (nSPS) is 11.9. The third-order valence-electron chi connectivity index (χ3n) is 3.96. The number of nitrogens with one attached hydrogen (secondary N) is 1. The number of benzene rings is 1. The molecule has 0 aliphatic rings. The minimum Gasteiger partial charge on any atom is -0.483 e. The van der Waals surface area contributed by atoms with Crippen LogP contribution in [0.25, 0.3) is 0 Å². The van der Waals surface area contributed by atoms with Crippen LogP contribution in [0.4, 0.5) is 0 Å². The van der Waals surface area contributed by atoms with Crippen molar-refractivity contribution >= 4 is 23.6 Å². The Labute approximate surface area is 161 Å². The average molecular weight is 381 g/mol. The Balaban J connectivity index is 2.66. The molecule has 1 atom stereocenters. The molecule has 0 saturated heterocycles. The lowest BCUT2D eigenvalue weighted by molar-refractivity contribution is -0.130. The molecule has 0 aliphatic carbocycles. The largest absolute Gasteiger partial charge is 0.483 e. The number of carbonyl (C=O) groups is 2. The van der Waals surface area contributed by atoms with Gasteiger partial charge in [-0.05, 0) is 30.6 Å². The summed E-state index contributed by atoms with van der Waals surface area (Å²) in [6.07, 6.45) is 1.87. The second-order valence-corrected chi connectivity index (χ2v) is 7.98. The van der Waals surface area contributed by atoms with E-state index in [2.05, 4.69) is 19.2 Å². The Kier molecular flexibility index (Phi) is 10.2. The fourth-order valence-corrected chi connectivity index (χ4v) is 3.34. The van der Waals surface area contributed by atoms with E-state index in [1.165, 1.54) is 4.90 Å². The average Bonchev–Trinajstić information content (AvgIpc) is 2.61. The summed E-state index contributed by atoms with van der Waals surface area (Å²) in [5.74, 6) is 2.69. The summed E-state index contributed by atoms with van der Waals surface area (Å²) >= 11 is 1.67.